The van der Waals surface area contributed by atoms with Crippen LogP contribution >= 0.6 is 0 Å². The summed E-state index contributed by atoms with van der Waals surface area (Å²) in [6.45, 7) is 0. The van der Waals surface area contributed by atoms with Crippen molar-refractivity contribution in [2.75, 3.05) is 5.32 Å². The summed E-state index contributed by atoms with van der Waals surface area (Å²) in [7, 11) is 0. The average Bonchev–Trinajstić information content (AvgIpc) is 2.56. The zero-order valence-corrected chi connectivity index (χ0v) is 12.7. The molecule has 118 valence electrons. The van der Waals surface area contributed by atoms with E-state index in [1.807, 2.05) is 12.1 Å². The zero-order chi connectivity index (χ0) is 17.1. The lowest BCUT2D eigenvalue weighted by Crippen LogP contribution is -2.13. The highest BCUT2D eigenvalue weighted by atomic mass is 16.5. The van der Waals surface area contributed by atoms with Crippen molar-refractivity contribution in [1.29, 1.82) is 21.6 Å². The van der Waals surface area contributed by atoms with Crippen LogP contribution in [0.25, 0.3) is 0 Å². The normalized spacial score (nSPS) is 16.8. The molecule has 1 aromatic carbocycles. The van der Waals surface area contributed by atoms with Gasteiger partial charge in [-0.1, -0.05) is 0 Å². The molecule has 0 bridgehead atoms. The van der Waals surface area contributed by atoms with Crippen LogP contribution in [-0.2, 0) is 0 Å². The lowest BCUT2D eigenvalue weighted by atomic mass is 10.1. The summed E-state index contributed by atoms with van der Waals surface area (Å²) in [6.07, 6.45) is 9.63. The molecule has 0 aliphatic heterocycles. The fraction of sp³-hybridized carbons (Fsp3) is 0. The van der Waals surface area contributed by atoms with Crippen molar-refractivity contribution >= 4 is 28.5 Å². The molecule has 3 rings (SSSR count). The fourth-order valence-electron chi connectivity index (χ4n) is 2.12. The summed E-state index contributed by atoms with van der Waals surface area (Å²) in [4.78, 5) is 0. The van der Waals surface area contributed by atoms with Crippen LogP contribution in [-0.4, -0.2) is 22.8 Å². The minimum absolute atomic E-state index is 0.120. The fourth-order valence-corrected chi connectivity index (χ4v) is 2.12. The quantitative estimate of drug-likeness (QED) is 0.547. The maximum atomic E-state index is 7.64. The van der Waals surface area contributed by atoms with Gasteiger partial charge in [0.05, 0.1) is 22.8 Å². The van der Waals surface area contributed by atoms with Gasteiger partial charge in [0.15, 0.2) is 0 Å². The molecule has 0 saturated carbocycles. The van der Waals surface area contributed by atoms with Crippen molar-refractivity contribution in [3.05, 3.63) is 72.2 Å². The van der Waals surface area contributed by atoms with E-state index in [1.54, 1.807) is 36.4 Å². The average molecular weight is 317 g/mol. The Morgan fingerprint density at radius 2 is 1.29 bits per heavy atom. The Bertz CT molecular complexity index is 796. The van der Waals surface area contributed by atoms with E-state index in [-0.39, 0.29) is 22.8 Å². The number of nitrogens with one attached hydrogen (secondary N) is 5. The molecule has 6 heteroatoms. The molecule has 5 N–H and O–H groups in total. The van der Waals surface area contributed by atoms with Crippen LogP contribution in [0.4, 0.5) is 5.69 Å². The molecule has 0 radical (unpaired) electrons. The van der Waals surface area contributed by atoms with Gasteiger partial charge in [-0.25, -0.2) is 0 Å². The molecule has 24 heavy (non-hydrogen) atoms. The maximum Gasteiger partial charge on any atom is 0.129 e. The molecule has 0 amide bonds. The molecule has 0 saturated heterocycles. The second-order valence-corrected chi connectivity index (χ2v) is 5.22. The molecular formula is C18H15N5O. The van der Waals surface area contributed by atoms with Gasteiger partial charge in [-0.2, -0.15) is 0 Å². The standard InChI is InChI=1S/C18H15N5O/c19-15-7-3-12(9-17(15)21)23-11-1-4-13(5-2-11)24-14-6-8-16(20)18(22)10-14/h1-10,19-23H. The lowest BCUT2D eigenvalue weighted by molar-refractivity contribution is 0.445. The van der Waals surface area contributed by atoms with Gasteiger partial charge in [0.25, 0.3) is 0 Å². The highest BCUT2D eigenvalue weighted by Crippen LogP contribution is 2.21. The first-order valence-corrected chi connectivity index (χ1v) is 7.21. The molecule has 0 unspecified atom stereocenters. The van der Waals surface area contributed by atoms with E-state index in [0.717, 1.165) is 11.4 Å². The van der Waals surface area contributed by atoms with Crippen molar-refractivity contribution in [3.63, 3.8) is 0 Å². The molecule has 0 fully saturated rings. The monoisotopic (exact) mass is 317 g/mol. The second-order valence-electron chi connectivity index (χ2n) is 5.22. The van der Waals surface area contributed by atoms with E-state index in [0.29, 0.717) is 11.5 Å². The lowest BCUT2D eigenvalue weighted by Gasteiger charge is -2.13. The van der Waals surface area contributed by atoms with Crippen molar-refractivity contribution in [2.24, 2.45) is 0 Å². The summed E-state index contributed by atoms with van der Waals surface area (Å²) >= 11 is 0. The van der Waals surface area contributed by atoms with Crippen LogP contribution in [0.3, 0.4) is 0 Å². The van der Waals surface area contributed by atoms with E-state index in [4.69, 9.17) is 26.4 Å². The predicted octanol–water partition coefficient (Wildman–Crippen LogP) is 3.46. The van der Waals surface area contributed by atoms with E-state index in [9.17, 15) is 0 Å². The van der Waals surface area contributed by atoms with Crippen molar-refractivity contribution in [3.8, 4) is 5.75 Å². The largest absolute Gasteiger partial charge is 0.457 e. The third-order valence-corrected chi connectivity index (χ3v) is 3.39. The molecule has 0 atom stereocenters. The van der Waals surface area contributed by atoms with Crippen LogP contribution in [0.5, 0.6) is 5.75 Å². The number of rotatable bonds is 4. The smallest absolute Gasteiger partial charge is 0.129 e. The number of anilines is 1. The molecule has 1 aromatic rings. The molecule has 2 aliphatic rings. The summed E-state index contributed by atoms with van der Waals surface area (Å²) in [5.74, 6) is 1.14. The van der Waals surface area contributed by atoms with Crippen molar-refractivity contribution in [2.45, 2.75) is 0 Å². The minimum Gasteiger partial charge on any atom is -0.457 e. The first-order chi connectivity index (χ1) is 11.5. The summed E-state index contributed by atoms with van der Waals surface area (Å²) < 4.78 is 5.67. The Balaban J connectivity index is 1.66. The van der Waals surface area contributed by atoms with E-state index >= 15 is 0 Å². The molecular weight excluding hydrogens is 302 g/mol. The summed E-state index contributed by atoms with van der Waals surface area (Å²) in [5.41, 5.74) is 2.22. The predicted molar refractivity (Wildman–Crippen MR) is 96.0 cm³/mol. The third kappa shape index (κ3) is 3.44. The first kappa shape index (κ1) is 15.4. The molecule has 0 spiro atoms. The van der Waals surface area contributed by atoms with Crippen molar-refractivity contribution in [1.82, 2.24) is 0 Å². The number of ether oxygens (including phenoxy) is 1. The van der Waals surface area contributed by atoms with Crippen molar-refractivity contribution < 1.29 is 4.74 Å². The van der Waals surface area contributed by atoms with Gasteiger partial charge in [-0.15, -0.1) is 0 Å². The SMILES string of the molecule is N=C1C=CC(Nc2ccc(OC3=CC(=N)C(=N)C=C3)cc2)=CC1=N. The van der Waals surface area contributed by atoms with Gasteiger partial charge < -0.3 is 10.1 Å². The van der Waals surface area contributed by atoms with E-state index in [1.165, 1.54) is 12.2 Å². The Hall–Kier alpha value is -3.54. The minimum atomic E-state index is 0.120. The third-order valence-electron chi connectivity index (χ3n) is 3.39. The first-order valence-electron chi connectivity index (χ1n) is 7.21. The number of hydrogen-bond acceptors (Lipinski definition) is 6. The Morgan fingerprint density at radius 3 is 1.92 bits per heavy atom. The summed E-state index contributed by atoms with van der Waals surface area (Å²) in [6, 6.07) is 7.27. The Morgan fingerprint density at radius 1 is 0.667 bits per heavy atom. The molecule has 2 aliphatic carbocycles. The molecule has 0 heterocycles. The molecule has 6 nitrogen and oxygen atoms in total. The van der Waals surface area contributed by atoms with E-state index in [2.05, 4.69) is 5.32 Å². The highest BCUT2D eigenvalue weighted by molar-refractivity contribution is 6.49. The van der Waals surface area contributed by atoms with Gasteiger partial charge in [-0.3, -0.25) is 21.6 Å². The van der Waals surface area contributed by atoms with E-state index < -0.39 is 0 Å². The van der Waals surface area contributed by atoms with Crippen LogP contribution in [0, 0.1) is 21.6 Å². The highest BCUT2D eigenvalue weighted by Gasteiger charge is 2.09. The topological polar surface area (TPSA) is 117 Å². The van der Waals surface area contributed by atoms with Crippen LogP contribution in [0.1, 0.15) is 0 Å². The summed E-state index contributed by atoms with van der Waals surface area (Å²) in [5, 5.41) is 33.4. The maximum absolute atomic E-state index is 7.64. The zero-order valence-electron chi connectivity index (χ0n) is 12.7. The number of allylic oxidation sites excluding steroid dienone is 6. The Kier molecular flexibility index (Phi) is 4.03. The van der Waals surface area contributed by atoms with Gasteiger partial charge in [0.2, 0.25) is 0 Å². The van der Waals surface area contributed by atoms with Gasteiger partial charge >= 0.3 is 0 Å². The van der Waals surface area contributed by atoms with Gasteiger partial charge in [-0.05, 0) is 54.6 Å². The van der Waals surface area contributed by atoms with Crippen LogP contribution < -0.4 is 10.1 Å². The molecule has 0 aromatic heterocycles. The Labute approximate surface area is 138 Å². The van der Waals surface area contributed by atoms with Crippen LogP contribution in [0.2, 0.25) is 0 Å². The van der Waals surface area contributed by atoms with Gasteiger partial charge in [0.1, 0.15) is 11.5 Å². The van der Waals surface area contributed by atoms with Gasteiger partial charge in [0, 0.05) is 17.5 Å². The van der Waals surface area contributed by atoms with Crippen LogP contribution in [0.15, 0.2) is 72.2 Å². The number of hydrogen-bond donors (Lipinski definition) is 5. The second kappa shape index (κ2) is 6.29. The number of benzene rings is 1.